The van der Waals surface area contributed by atoms with Crippen molar-refractivity contribution in [1.82, 2.24) is 9.97 Å². The fraction of sp³-hybridized carbons (Fsp3) is 0.190. The molecule has 0 atom stereocenters. The Morgan fingerprint density at radius 3 is 2.55 bits per heavy atom. The van der Waals surface area contributed by atoms with Crippen LogP contribution >= 0.6 is 0 Å². The van der Waals surface area contributed by atoms with Crippen LogP contribution in [0.15, 0.2) is 54.9 Å². The third kappa shape index (κ3) is 4.55. The van der Waals surface area contributed by atoms with Gasteiger partial charge in [0, 0.05) is 23.5 Å². The number of fused-ring (bicyclic) bond motifs is 1. The van der Waals surface area contributed by atoms with Gasteiger partial charge in [0.2, 0.25) is 6.79 Å². The second kappa shape index (κ2) is 8.05. The van der Waals surface area contributed by atoms with E-state index in [1.54, 1.807) is 18.2 Å². The minimum Gasteiger partial charge on any atom is -0.491 e. The summed E-state index contributed by atoms with van der Waals surface area (Å²) in [6, 6.07) is 14.2. The van der Waals surface area contributed by atoms with Gasteiger partial charge in [-0.1, -0.05) is 0 Å². The van der Waals surface area contributed by atoms with Crippen molar-refractivity contribution in [2.75, 3.05) is 17.4 Å². The number of nitrogens with zero attached hydrogens (tertiary/aromatic N) is 2. The summed E-state index contributed by atoms with van der Waals surface area (Å²) in [7, 11) is 0. The summed E-state index contributed by atoms with van der Waals surface area (Å²) in [5.41, 5.74) is 1.65. The van der Waals surface area contributed by atoms with Gasteiger partial charge in [-0.25, -0.2) is 9.97 Å². The maximum atomic E-state index is 12.5. The summed E-state index contributed by atoms with van der Waals surface area (Å²) < 4.78 is 16.3. The molecule has 2 heterocycles. The number of rotatable bonds is 6. The standard InChI is InChI=1S/C21H20N4O4/c1-13(2)29-16-6-3-14(4-7-16)25-21(26)17-10-20(23-11-22-17)24-15-5-8-18-19(9-15)28-12-27-18/h3-11,13H,12H2,1-2H3,(H,25,26)(H,22,23,24). The third-order valence-electron chi connectivity index (χ3n) is 4.03. The second-order valence-corrected chi connectivity index (χ2v) is 6.63. The Hall–Kier alpha value is -3.81. The largest absolute Gasteiger partial charge is 0.491 e. The Bertz CT molecular complexity index is 1020. The monoisotopic (exact) mass is 392 g/mol. The number of carbonyl (C=O) groups excluding carboxylic acids is 1. The summed E-state index contributed by atoms with van der Waals surface area (Å²) in [5.74, 6) is 2.26. The number of ether oxygens (including phenoxy) is 3. The van der Waals surface area contributed by atoms with E-state index in [-0.39, 0.29) is 24.5 Å². The lowest BCUT2D eigenvalue weighted by Gasteiger charge is -2.11. The number of anilines is 3. The van der Waals surface area contributed by atoms with E-state index in [1.807, 2.05) is 44.2 Å². The number of hydrogen-bond donors (Lipinski definition) is 2. The van der Waals surface area contributed by atoms with Crippen molar-refractivity contribution in [3.63, 3.8) is 0 Å². The van der Waals surface area contributed by atoms with E-state index in [1.165, 1.54) is 6.33 Å². The van der Waals surface area contributed by atoms with Crippen molar-refractivity contribution in [2.24, 2.45) is 0 Å². The lowest BCUT2D eigenvalue weighted by molar-refractivity contribution is 0.102. The number of carbonyl (C=O) groups is 1. The van der Waals surface area contributed by atoms with Crippen LogP contribution in [0.3, 0.4) is 0 Å². The molecule has 29 heavy (non-hydrogen) atoms. The zero-order valence-corrected chi connectivity index (χ0v) is 16.0. The van der Waals surface area contributed by atoms with Gasteiger partial charge in [-0.05, 0) is 50.2 Å². The summed E-state index contributed by atoms with van der Waals surface area (Å²) >= 11 is 0. The van der Waals surface area contributed by atoms with Crippen LogP contribution in [-0.4, -0.2) is 28.8 Å². The molecule has 1 amide bonds. The van der Waals surface area contributed by atoms with Gasteiger partial charge in [-0.2, -0.15) is 0 Å². The molecule has 1 aromatic heterocycles. The van der Waals surface area contributed by atoms with Crippen LogP contribution in [0.4, 0.5) is 17.2 Å². The molecule has 4 rings (SSSR count). The maximum Gasteiger partial charge on any atom is 0.274 e. The fourth-order valence-electron chi connectivity index (χ4n) is 2.76. The molecule has 0 bridgehead atoms. The van der Waals surface area contributed by atoms with Gasteiger partial charge in [0.25, 0.3) is 5.91 Å². The van der Waals surface area contributed by atoms with E-state index in [9.17, 15) is 4.79 Å². The van der Waals surface area contributed by atoms with Crippen LogP contribution in [0, 0.1) is 0 Å². The number of hydrogen-bond acceptors (Lipinski definition) is 7. The van der Waals surface area contributed by atoms with Crippen LogP contribution in [0.5, 0.6) is 17.2 Å². The van der Waals surface area contributed by atoms with E-state index in [0.717, 1.165) is 11.4 Å². The average Bonchev–Trinajstić information content (AvgIpc) is 3.17. The number of aromatic nitrogens is 2. The van der Waals surface area contributed by atoms with Crippen LogP contribution in [-0.2, 0) is 0 Å². The molecule has 148 valence electrons. The van der Waals surface area contributed by atoms with Crippen molar-refractivity contribution >= 4 is 23.1 Å². The highest BCUT2D eigenvalue weighted by Gasteiger charge is 2.14. The van der Waals surface area contributed by atoms with Crippen molar-refractivity contribution in [1.29, 1.82) is 0 Å². The minimum atomic E-state index is -0.335. The molecule has 1 aliphatic rings. The highest BCUT2D eigenvalue weighted by atomic mass is 16.7. The van der Waals surface area contributed by atoms with Gasteiger partial charge in [0.05, 0.1) is 6.10 Å². The Labute approximate surface area is 167 Å². The van der Waals surface area contributed by atoms with E-state index < -0.39 is 0 Å². The first-order valence-electron chi connectivity index (χ1n) is 9.13. The normalized spacial score (nSPS) is 12.0. The van der Waals surface area contributed by atoms with Crippen LogP contribution in [0.25, 0.3) is 0 Å². The first-order valence-corrected chi connectivity index (χ1v) is 9.13. The zero-order chi connectivity index (χ0) is 20.2. The number of nitrogens with one attached hydrogen (secondary N) is 2. The summed E-state index contributed by atoms with van der Waals surface area (Å²) in [5, 5.41) is 5.95. The predicted molar refractivity (Wildman–Crippen MR) is 108 cm³/mol. The molecule has 0 saturated heterocycles. The van der Waals surface area contributed by atoms with E-state index in [4.69, 9.17) is 14.2 Å². The van der Waals surface area contributed by atoms with E-state index >= 15 is 0 Å². The Balaban J connectivity index is 1.43. The van der Waals surface area contributed by atoms with E-state index in [2.05, 4.69) is 20.6 Å². The highest BCUT2D eigenvalue weighted by Crippen LogP contribution is 2.34. The average molecular weight is 392 g/mol. The fourth-order valence-corrected chi connectivity index (χ4v) is 2.76. The maximum absolute atomic E-state index is 12.5. The molecular weight excluding hydrogens is 372 g/mol. The van der Waals surface area contributed by atoms with Crippen molar-refractivity contribution < 1.29 is 19.0 Å². The van der Waals surface area contributed by atoms with Crippen molar-refractivity contribution in [2.45, 2.75) is 20.0 Å². The molecule has 2 N–H and O–H groups in total. The number of benzene rings is 2. The van der Waals surface area contributed by atoms with Gasteiger partial charge >= 0.3 is 0 Å². The first-order chi connectivity index (χ1) is 14.1. The predicted octanol–water partition coefficient (Wildman–Crippen LogP) is 3.99. The molecule has 0 radical (unpaired) electrons. The first kappa shape index (κ1) is 18.5. The third-order valence-corrected chi connectivity index (χ3v) is 4.03. The molecule has 0 saturated carbocycles. The summed E-state index contributed by atoms with van der Waals surface area (Å²) in [6.07, 6.45) is 1.43. The van der Waals surface area contributed by atoms with Gasteiger partial charge in [0.15, 0.2) is 11.5 Å². The zero-order valence-electron chi connectivity index (χ0n) is 16.0. The molecular formula is C21H20N4O4. The van der Waals surface area contributed by atoms with Gasteiger partial charge < -0.3 is 24.8 Å². The second-order valence-electron chi connectivity index (χ2n) is 6.63. The van der Waals surface area contributed by atoms with Gasteiger partial charge in [-0.3, -0.25) is 4.79 Å². The van der Waals surface area contributed by atoms with Crippen LogP contribution < -0.4 is 24.8 Å². The quantitative estimate of drug-likeness (QED) is 0.655. The smallest absolute Gasteiger partial charge is 0.274 e. The molecule has 0 spiro atoms. The van der Waals surface area contributed by atoms with Gasteiger partial charge in [-0.15, -0.1) is 0 Å². The molecule has 3 aromatic rings. The van der Waals surface area contributed by atoms with Gasteiger partial charge in [0.1, 0.15) is 23.6 Å². The summed E-state index contributed by atoms with van der Waals surface area (Å²) in [6.45, 7) is 4.13. The SMILES string of the molecule is CC(C)Oc1ccc(NC(=O)c2cc(Nc3ccc4c(c3)OCO4)ncn2)cc1. The molecule has 0 aliphatic carbocycles. The van der Waals surface area contributed by atoms with E-state index in [0.29, 0.717) is 23.0 Å². The van der Waals surface area contributed by atoms with Crippen molar-refractivity contribution in [3.8, 4) is 17.2 Å². The molecule has 8 heteroatoms. The highest BCUT2D eigenvalue weighted by molar-refractivity contribution is 6.03. The lowest BCUT2D eigenvalue weighted by Crippen LogP contribution is -2.14. The molecule has 0 fully saturated rings. The lowest BCUT2D eigenvalue weighted by atomic mass is 10.2. The Kier molecular flexibility index (Phi) is 5.15. The molecule has 8 nitrogen and oxygen atoms in total. The topological polar surface area (TPSA) is 94.6 Å². The Morgan fingerprint density at radius 2 is 1.76 bits per heavy atom. The molecule has 2 aromatic carbocycles. The minimum absolute atomic E-state index is 0.0899. The molecule has 0 unspecified atom stereocenters. The Morgan fingerprint density at radius 1 is 1.00 bits per heavy atom. The number of amides is 1. The molecule has 1 aliphatic heterocycles. The van der Waals surface area contributed by atoms with Crippen LogP contribution in [0.2, 0.25) is 0 Å². The van der Waals surface area contributed by atoms with Crippen LogP contribution in [0.1, 0.15) is 24.3 Å². The van der Waals surface area contributed by atoms with Crippen molar-refractivity contribution in [3.05, 3.63) is 60.6 Å². The summed E-state index contributed by atoms with van der Waals surface area (Å²) in [4.78, 5) is 20.8.